The predicted molar refractivity (Wildman–Crippen MR) is 98.8 cm³/mol. The maximum absolute atomic E-state index is 12.2. The van der Waals surface area contributed by atoms with Crippen molar-refractivity contribution >= 4 is 23.5 Å². The van der Waals surface area contributed by atoms with Crippen LogP contribution in [-0.2, 0) is 9.53 Å². The van der Waals surface area contributed by atoms with Gasteiger partial charge in [0.05, 0.1) is 10.6 Å². The van der Waals surface area contributed by atoms with Crippen LogP contribution in [0.4, 0.5) is 0 Å². The zero-order valence-electron chi connectivity index (χ0n) is 14.4. The quantitative estimate of drug-likeness (QED) is 0.754. The molecule has 0 heterocycles. The molecule has 0 aromatic heterocycles. The molecule has 132 valence electrons. The first kappa shape index (κ1) is 19.0. The van der Waals surface area contributed by atoms with Crippen molar-refractivity contribution in [3.8, 4) is 0 Å². The third-order valence-electron chi connectivity index (χ3n) is 4.03. The van der Waals surface area contributed by atoms with Crippen molar-refractivity contribution in [2.24, 2.45) is 0 Å². The van der Waals surface area contributed by atoms with Gasteiger partial charge in [0.2, 0.25) is 0 Å². The van der Waals surface area contributed by atoms with Crippen molar-refractivity contribution in [3.05, 3.63) is 70.7 Å². The molecule has 1 amide bonds. The normalized spacial score (nSPS) is 12.9. The summed E-state index contributed by atoms with van der Waals surface area (Å²) in [7, 11) is 0. The van der Waals surface area contributed by atoms with Crippen LogP contribution in [0.1, 0.15) is 42.1 Å². The van der Waals surface area contributed by atoms with Gasteiger partial charge in [-0.15, -0.1) is 0 Å². The Balaban J connectivity index is 1.90. The van der Waals surface area contributed by atoms with Gasteiger partial charge in [-0.3, -0.25) is 4.79 Å². The summed E-state index contributed by atoms with van der Waals surface area (Å²) in [6.07, 6.45) is 0.00926. The maximum Gasteiger partial charge on any atom is 0.340 e. The number of ether oxygens (including phenoxy) is 1. The molecular weight excluding hydrogens is 338 g/mol. The van der Waals surface area contributed by atoms with E-state index in [0.29, 0.717) is 11.6 Å². The first-order valence-corrected chi connectivity index (χ1v) is 8.68. The molecule has 25 heavy (non-hydrogen) atoms. The lowest BCUT2D eigenvalue weighted by molar-refractivity contribution is -0.129. The van der Waals surface area contributed by atoms with Gasteiger partial charge in [-0.1, -0.05) is 61.0 Å². The molecule has 0 bridgehead atoms. The third-order valence-corrected chi connectivity index (χ3v) is 4.36. The zero-order valence-corrected chi connectivity index (χ0v) is 15.1. The Labute approximate surface area is 153 Å². The lowest BCUT2D eigenvalue weighted by atomic mass is 9.96. The summed E-state index contributed by atoms with van der Waals surface area (Å²) in [6.45, 7) is 4.12. The Bertz CT molecular complexity index is 718. The van der Waals surface area contributed by atoms with Crippen molar-refractivity contribution < 1.29 is 14.3 Å². The highest BCUT2D eigenvalue weighted by Gasteiger charge is 2.21. The number of hydrogen-bond donors (Lipinski definition) is 1. The molecule has 0 aliphatic carbocycles. The summed E-state index contributed by atoms with van der Waals surface area (Å²) in [4.78, 5) is 24.3. The highest BCUT2D eigenvalue weighted by atomic mass is 35.5. The van der Waals surface area contributed by atoms with Crippen LogP contribution in [0.25, 0.3) is 0 Å². The van der Waals surface area contributed by atoms with E-state index in [1.807, 2.05) is 30.3 Å². The predicted octanol–water partition coefficient (Wildman–Crippen LogP) is 4.20. The average Bonchev–Trinajstić information content (AvgIpc) is 2.63. The molecule has 0 unspecified atom stereocenters. The van der Waals surface area contributed by atoms with Crippen LogP contribution in [-0.4, -0.2) is 24.5 Å². The Morgan fingerprint density at radius 1 is 1.08 bits per heavy atom. The van der Waals surface area contributed by atoms with E-state index in [9.17, 15) is 9.59 Å². The van der Waals surface area contributed by atoms with E-state index in [0.717, 1.165) is 6.42 Å². The number of amides is 1. The van der Waals surface area contributed by atoms with E-state index in [-0.39, 0.29) is 17.4 Å². The van der Waals surface area contributed by atoms with Gasteiger partial charge in [-0.25, -0.2) is 4.79 Å². The van der Waals surface area contributed by atoms with E-state index in [4.69, 9.17) is 16.3 Å². The number of benzene rings is 2. The van der Waals surface area contributed by atoms with Crippen LogP contribution in [0.15, 0.2) is 54.6 Å². The second kappa shape index (κ2) is 9.23. The van der Waals surface area contributed by atoms with Crippen LogP contribution in [0.3, 0.4) is 0 Å². The lowest BCUT2D eigenvalue weighted by Crippen LogP contribution is -2.38. The summed E-state index contributed by atoms with van der Waals surface area (Å²) in [6, 6.07) is 16.6. The highest BCUT2D eigenvalue weighted by molar-refractivity contribution is 6.33. The van der Waals surface area contributed by atoms with Gasteiger partial charge in [0.15, 0.2) is 6.10 Å². The molecule has 0 saturated carbocycles. The summed E-state index contributed by atoms with van der Waals surface area (Å²) < 4.78 is 5.22. The Kier molecular flexibility index (Phi) is 7.02. The second-order valence-corrected chi connectivity index (χ2v) is 6.20. The Morgan fingerprint density at radius 3 is 2.36 bits per heavy atom. The van der Waals surface area contributed by atoms with E-state index >= 15 is 0 Å². The van der Waals surface area contributed by atoms with E-state index in [1.165, 1.54) is 5.56 Å². The molecule has 2 aromatic rings. The SMILES string of the molecule is CC[C@@H](CNC(=O)[C@H](C)OC(=O)c1ccccc1Cl)c1ccccc1. The zero-order chi connectivity index (χ0) is 18.2. The number of carbonyl (C=O) groups excluding carboxylic acids is 2. The van der Waals surface area contributed by atoms with Crippen molar-refractivity contribution in [1.29, 1.82) is 0 Å². The van der Waals surface area contributed by atoms with Gasteiger partial charge < -0.3 is 10.1 Å². The molecule has 0 aliphatic heterocycles. The fourth-order valence-corrected chi connectivity index (χ4v) is 2.71. The van der Waals surface area contributed by atoms with Crippen LogP contribution in [0.5, 0.6) is 0 Å². The third kappa shape index (κ3) is 5.33. The molecular formula is C20H22ClNO3. The molecule has 0 aliphatic rings. The van der Waals surface area contributed by atoms with Crippen LogP contribution < -0.4 is 5.32 Å². The molecule has 0 saturated heterocycles. The lowest BCUT2D eigenvalue weighted by Gasteiger charge is -2.18. The molecule has 1 N–H and O–H groups in total. The van der Waals surface area contributed by atoms with Gasteiger partial charge in [0.25, 0.3) is 5.91 Å². The molecule has 0 spiro atoms. The summed E-state index contributed by atoms with van der Waals surface area (Å²) in [5, 5.41) is 3.16. The number of rotatable bonds is 7. The summed E-state index contributed by atoms with van der Waals surface area (Å²) in [5.74, 6) is -0.713. The highest BCUT2D eigenvalue weighted by Crippen LogP contribution is 2.19. The smallest absolute Gasteiger partial charge is 0.340 e. The average molecular weight is 360 g/mol. The van der Waals surface area contributed by atoms with Gasteiger partial charge in [0, 0.05) is 12.5 Å². The number of hydrogen-bond acceptors (Lipinski definition) is 3. The van der Waals surface area contributed by atoms with Crippen LogP contribution >= 0.6 is 11.6 Å². The summed E-state index contributed by atoms with van der Waals surface area (Å²) >= 11 is 5.97. The molecule has 5 heteroatoms. The van der Waals surface area contributed by atoms with Gasteiger partial charge in [-0.05, 0) is 31.0 Å². The van der Waals surface area contributed by atoms with E-state index < -0.39 is 12.1 Å². The van der Waals surface area contributed by atoms with Crippen LogP contribution in [0.2, 0.25) is 5.02 Å². The van der Waals surface area contributed by atoms with Crippen molar-refractivity contribution in [1.82, 2.24) is 5.32 Å². The fraction of sp³-hybridized carbons (Fsp3) is 0.300. The number of nitrogens with one attached hydrogen (secondary N) is 1. The fourth-order valence-electron chi connectivity index (χ4n) is 2.49. The van der Waals surface area contributed by atoms with Crippen molar-refractivity contribution in [2.45, 2.75) is 32.3 Å². The Morgan fingerprint density at radius 2 is 1.72 bits per heavy atom. The van der Waals surface area contributed by atoms with E-state index in [2.05, 4.69) is 12.2 Å². The standard InChI is InChI=1S/C20H22ClNO3/c1-3-15(16-9-5-4-6-10-16)13-22-19(23)14(2)25-20(24)17-11-7-8-12-18(17)21/h4-12,14-15H,3,13H2,1-2H3,(H,22,23)/t14-,15-/m0/s1. The minimum absolute atomic E-state index is 0.219. The van der Waals surface area contributed by atoms with Gasteiger partial charge in [-0.2, -0.15) is 0 Å². The first-order valence-electron chi connectivity index (χ1n) is 8.31. The second-order valence-electron chi connectivity index (χ2n) is 5.79. The topological polar surface area (TPSA) is 55.4 Å². The largest absolute Gasteiger partial charge is 0.449 e. The maximum atomic E-state index is 12.2. The van der Waals surface area contributed by atoms with E-state index in [1.54, 1.807) is 31.2 Å². The molecule has 0 fully saturated rings. The first-order chi connectivity index (χ1) is 12.0. The molecule has 4 nitrogen and oxygen atoms in total. The Hall–Kier alpha value is -2.33. The minimum atomic E-state index is -0.892. The minimum Gasteiger partial charge on any atom is -0.449 e. The van der Waals surface area contributed by atoms with Crippen LogP contribution in [0, 0.1) is 0 Å². The monoisotopic (exact) mass is 359 g/mol. The number of esters is 1. The molecule has 2 aromatic carbocycles. The molecule has 0 radical (unpaired) electrons. The van der Waals surface area contributed by atoms with Gasteiger partial charge in [0.1, 0.15) is 0 Å². The number of carbonyl (C=O) groups is 2. The summed E-state index contributed by atoms with van der Waals surface area (Å²) in [5.41, 5.74) is 1.42. The van der Waals surface area contributed by atoms with Crippen molar-refractivity contribution in [3.63, 3.8) is 0 Å². The van der Waals surface area contributed by atoms with Gasteiger partial charge >= 0.3 is 5.97 Å². The molecule has 2 atom stereocenters. The molecule has 2 rings (SSSR count). The number of halogens is 1. The van der Waals surface area contributed by atoms with Crippen molar-refractivity contribution in [2.75, 3.05) is 6.54 Å².